The van der Waals surface area contributed by atoms with Gasteiger partial charge in [0.25, 0.3) is 0 Å². The van der Waals surface area contributed by atoms with Gasteiger partial charge in [-0.05, 0) is 85.2 Å². The predicted octanol–water partition coefficient (Wildman–Crippen LogP) is 15.1. The Hall–Kier alpha value is -3.57. The van der Waals surface area contributed by atoms with E-state index in [1.54, 1.807) is 0 Å². The summed E-state index contributed by atoms with van der Waals surface area (Å²) in [7, 11) is 0. The Morgan fingerprint density at radius 3 is 2.14 bits per heavy atom. The van der Waals surface area contributed by atoms with Gasteiger partial charge in [-0.15, -0.1) is 40.5 Å². The first kappa shape index (κ1) is 45.1. The Morgan fingerprint density at radius 2 is 1.54 bits per heavy atom. The minimum Gasteiger partial charge on any atom is -0.512 e. The molecule has 3 heterocycles. The van der Waals surface area contributed by atoms with Crippen molar-refractivity contribution in [3.63, 3.8) is 0 Å². The van der Waals surface area contributed by atoms with Gasteiger partial charge in [0.2, 0.25) is 0 Å². The maximum absolute atomic E-state index is 12.2. The van der Waals surface area contributed by atoms with Crippen molar-refractivity contribution in [1.29, 1.82) is 0 Å². The maximum Gasteiger partial charge on any atom is 0.164 e. The van der Waals surface area contributed by atoms with Crippen LogP contribution < -0.4 is 0 Å². The number of fused-ring (bicyclic) bond motifs is 3. The second-order valence-electron chi connectivity index (χ2n) is 17.4. The van der Waals surface area contributed by atoms with Crippen molar-refractivity contribution in [3.05, 3.63) is 100 Å². The molecule has 6 aromatic rings. The van der Waals surface area contributed by atoms with Gasteiger partial charge in [-0.3, -0.25) is 9.78 Å². The number of aromatic nitrogens is 1. The third-order valence-electron chi connectivity index (χ3n) is 12.2. The minimum atomic E-state index is -0.337. The number of rotatable bonds is 11. The molecule has 4 nitrogen and oxygen atoms in total. The van der Waals surface area contributed by atoms with Crippen LogP contribution in [-0.4, -0.2) is 15.9 Å². The molecule has 6 rings (SSSR count). The van der Waals surface area contributed by atoms with Crippen LogP contribution in [0, 0.1) is 36.7 Å². The number of carbonyl (C=O) groups excluding carboxylic acids is 1. The number of aryl methyl sites for hydroxylation is 2. The van der Waals surface area contributed by atoms with Crippen molar-refractivity contribution in [2.45, 2.75) is 128 Å². The molecule has 1 N–H and O–H groups in total. The van der Waals surface area contributed by atoms with Gasteiger partial charge in [0.15, 0.2) is 11.4 Å². The first-order valence-electron chi connectivity index (χ1n) is 20.2. The van der Waals surface area contributed by atoms with E-state index < -0.39 is 0 Å². The molecule has 0 spiro atoms. The second kappa shape index (κ2) is 17.9. The van der Waals surface area contributed by atoms with Gasteiger partial charge in [-0.25, -0.2) is 0 Å². The number of carbonyl (C=O) groups is 1. The van der Waals surface area contributed by atoms with Crippen molar-refractivity contribution in [3.8, 4) is 22.4 Å². The van der Waals surface area contributed by atoms with E-state index in [9.17, 15) is 9.90 Å². The van der Waals surface area contributed by atoms with Crippen LogP contribution in [0.15, 0.2) is 76.2 Å². The summed E-state index contributed by atoms with van der Waals surface area (Å²) in [5, 5.41) is 16.2. The molecule has 0 atom stereocenters. The summed E-state index contributed by atoms with van der Waals surface area (Å²) in [6.45, 7) is 27.6. The average Bonchev–Trinajstić information content (AvgIpc) is 3.70. The van der Waals surface area contributed by atoms with Gasteiger partial charge in [0.1, 0.15) is 17.0 Å². The predicted molar refractivity (Wildman–Crippen MR) is 236 cm³/mol. The van der Waals surface area contributed by atoms with Crippen LogP contribution in [0.25, 0.3) is 54.3 Å². The third kappa shape index (κ3) is 9.25. The Labute approximate surface area is 353 Å². The van der Waals surface area contributed by atoms with Crippen molar-refractivity contribution >= 4 is 49.1 Å². The number of benzene rings is 3. The van der Waals surface area contributed by atoms with Gasteiger partial charge in [-0.1, -0.05) is 124 Å². The zero-order chi connectivity index (χ0) is 40.5. The molecular weight excluding hydrogens is 887 g/mol. The molecule has 0 fully saturated rings. The van der Waals surface area contributed by atoms with E-state index in [0.717, 1.165) is 82.3 Å². The van der Waals surface area contributed by atoms with E-state index in [4.69, 9.17) is 9.40 Å². The molecule has 6 heteroatoms. The molecule has 0 bridgehead atoms. The Balaban J connectivity index is 0.000000330. The molecule has 0 aliphatic heterocycles. The molecule has 301 valence electrons. The van der Waals surface area contributed by atoms with Crippen LogP contribution in [0.5, 0.6) is 0 Å². The van der Waals surface area contributed by atoms with Crippen LogP contribution in [-0.2, 0) is 36.7 Å². The minimum absolute atomic E-state index is 0. The molecule has 1 radical (unpaired) electrons. The summed E-state index contributed by atoms with van der Waals surface area (Å²) in [6.07, 6.45) is 5.86. The van der Waals surface area contributed by atoms with E-state index >= 15 is 0 Å². The second-order valence-corrected chi connectivity index (χ2v) is 18.3. The molecule has 0 aliphatic rings. The fourth-order valence-electron chi connectivity index (χ4n) is 7.16. The number of hydrogen-bond donors (Lipinski definition) is 1. The SMILES string of the molecule is CCC(C)(CC)C(=O)/C=C(\O)C(C)(CC)CC.Cc1oc2c(-c3ccc4c(CC(C)C)csc4c3)cc(-c3[c-]c4ccccc4c(C(C)(C)C)c3)nc2c1C.[Ir]. The standard InChI is InChI=1S/C35H34NOS.C15H28O2.Ir/c1-20(2)14-26-19-38-32-17-24(12-13-28(26)32)29-18-31(36-33-21(3)22(4)37-34(29)33)25-15-23-10-8-9-11-27(23)30(16-25)35(5,6)7;1-7-14(5,8-2)12(16)11-13(17)15(6,9-3)10-4;/h8-13,16-20H,14H2,1-7H3;11,16H,7-10H2,1-6H3;/q-1;;/b;12-11-;. The summed E-state index contributed by atoms with van der Waals surface area (Å²) in [6, 6.07) is 23.6. The van der Waals surface area contributed by atoms with Gasteiger partial charge in [0, 0.05) is 58.5 Å². The Bertz CT molecular complexity index is 2340. The Kier molecular flexibility index (Phi) is 14.4. The van der Waals surface area contributed by atoms with Crippen molar-refractivity contribution in [1.82, 2.24) is 4.98 Å². The van der Waals surface area contributed by atoms with Crippen LogP contribution in [0.2, 0.25) is 0 Å². The maximum atomic E-state index is 12.2. The van der Waals surface area contributed by atoms with Gasteiger partial charge < -0.3 is 9.52 Å². The number of nitrogens with zero attached hydrogens (tertiary/aromatic N) is 1. The number of allylic oxidation sites excluding steroid dienone is 2. The van der Waals surface area contributed by atoms with E-state index in [1.807, 2.05) is 59.8 Å². The molecular formula is C50H62IrNO3S-. The van der Waals surface area contributed by atoms with Gasteiger partial charge in [-0.2, -0.15) is 0 Å². The molecule has 3 aromatic carbocycles. The van der Waals surface area contributed by atoms with Crippen LogP contribution in [0.4, 0.5) is 0 Å². The van der Waals surface area contributed by atoms with Crippen LogP contribution >= 0.6 is 11.3 Å². The fraction of sp³-hybridized carbons (Fsp3) is 0.440. The summed E-state index contributed by atoms with van der Waals surface area (Å²) in [5.41, 5.74) is 9.22. The van der Waals surface area contributed by atoms with E-state index in [-0.39, 0.29) is 47.9 Å². The number of aliphatic hydroxyl groups excluding tert-OH is 1. The van der Waals surface area contributed by atoms with Gasteiger partial charge in [0.05, 0.1) is 0 Å². The quantitative estimate of drug-likeness (QED) is 0.0798. The zero-order valence-corrected chi connectivity index (χ0v) is 39.1. The van der Waals surface area contributed by atoms with E-state index in [2.05, 4.69) is 108 Å². The average molecular weight is 949 g/mol. The van der Waals surface area contributed by atoms with Crippen molar-refractivity contribution in [2.24, 2.45) is 16.7 Å². The molecule has 0 aliphatic carbocycles. The number of ketones is 1. The number of thiophene rings is 1. The first-order valence-corrected chi connectivity index (χ1v) is 21.1. The van der Waals surface area contributed by atoms with Crippen LogP contribution in [0.1, 0.15) is 124 Å². The number of furan rings is 1. The summed E-state index contributed by atoms with van der Waals surface area (Å²) < 4.78 is 7.64. The Morgan fingerprint density at radius 1 is 0.893 bits per heavy atom. The van der Waals surface area contributed by atoms with Crippen molar-refractivity contribution < 1.29 is 34.4 Å². The van der Waals surface area contributed by atoms with E-state index in [0.29, 0.717) is 5.92 Å². The summed E-state index contributed by atoms with van der Waals surface area (Å²) >= 11 is 1.83. The summed E-state index contributed by atoms with van der Waals surface area (Å²) in [5.74, 6) is 1.84. The molecule has 0 saturated carbocycles. The molecule has 0 unspecified atom stereocenters. The van der Waals surface area contributed by atoms with Crippen molar-refractivity contribution in [2.75, 3.05) is 0 Å². The number of hydrogen-bond acceptors (Lipinski definition) is 5. The molecule has 0 amide bonds. The molecule has 0 saturated heterocycles. The van der Waals surface area contributed by atoms with E-state index in [1.165, 1.54) is 32.7 Å². The zero-order valence-electron chi connectivity index (χ0n) is 35.9. The van der Waals surface area contributed by atoms with Gasteiger partial charge >= 0.3 is 0 Å². The largest absolute Gasteiger partial charge is 0.512 e. The molecule has 56 heavy (non-hydrogen) atoms. The molecule has 3 aromatic heterocycles. The topological polar surface area (TPSA) is 63.3 Å². The normalized spacial score (nSPS) is 12.6. The summed E-state index contributed by atoms with van der Waals surface area (Å²) in [4.78, 5) is 17.3. The fourth-order valence-corrected chi connectivity index (χ4v) is 8.17. The van der Waals surface area contributed by atoms with Crippen LogP contribution in [0.3, 0.4) is 0 Å². The first-order chi connectivity index (χ1) is 25.9. The smallest absolute Gasteiger partial charge is 0.164 e. The number of pyridine rings is 1. The monoisotopic (exact) mass is 949 g/mol. The third-order valence-corrected chi connectivity index (χ3v) is 13.2. The number of aliphatic hydroxyl groups is 1.